The molecule has 0 radical (unpaired) electrons. The van der Waals surface area contributed by atoms with Crippen molar-refractivity contribution in [1.29, 1.82) is 0 Å². The molecule has 0 aromatic heterocycles. The van der Waals surface area contributed by atoms with Crippen LogP contribution in [0.4, 0.5) is 0 Å². The minimum Gasteiger partial charge on any atom is -0.512 e. The lowest BCUT2D eigenvalue weighted by atomic mass is 10.1. The third-order valence-electron chi connectivity index (χ3n) is 1.86. The van der Waals surface area contributed by atoms with Gasteiger partial charge in [0, 0.05) is 12.1 Å². The molecule has 0 spiro atoms. The van der Waals surface area contributed by atoms with Crippen LogP contribution in [0.1, 0.15) is 19.4 Å². The van der Waals surface area contributed by atoms with Crippen molar-refractivity contribution in [2.24, 2.45) is 5.73 Å². The van der Waals surface area contributed by atoms with Crippen molar-refractivity contribution in [2.45, 2.75) is 26.5 Å². The van der Waals surface area contributed by atoms with Crippen molar-refractivity contribution in [1.82, 2.24) is 0 Å². The molecule has 0 aliphatic rings. The topological polar surface area (TPSA) is 84.9 Å². The van der Waals surface area contributed by atoms with Crippen LogP contribution in [0.5, 0.6) is 11.5 Å². The zero-order valence-electron chi connectivity index (χ0n) is 9.38. The molecule has 0 saturated heterocycles. The molecule has 1 aromatic carbocycles. The maximum absolute atomic E-state index is 8.65. The molecule has 6 heteroatoms. The van der Waals surface area contributed by atoms with Gasteiger partial charge in [0.15, 0.2) is 0 Å². The zero-order valence-corrected chi connectivity index (χ0v) is 9.38. The van der Waals surface area contributed by atoms with Gasteiger partial charge in [-0.15, -0.1) is 0 Å². The summed E-state index contributed by atoms with van der Waals surface area (Å²) in [6, 6.07) is 4.91. The highest BCUT2D eigenvalue weighted by molar-refractivity contribution is 6.33. The molecule has 0 unspecified atom stereocenters. The first-order valence-electron chi connectivity index (χ1n) is 5.05. The molecular formula is C10H16BNO4. The van der Waals surface area contributed by atoms with E-state index in [9.17, 15) is 0 Å². The van der Waals surface area contributed by atoms with Gasteiger partial charge in [-0.05, 0) is 32.0 Å². The first kappa shape index (κ1) is 12.8. The van der Waals surface area contributed by atoms with Gasteiger partial charge in [0.2, 0.25) is 0 Å². The summed E-state index contributed by atoms with van der Waals surface area (Å²) in [5.74, 6) is 1.02. The van der Waals surface area contributed by atoms with Gasteiger partial charge in [-0.25, -0.2) is 0 Å². The SMILES string of the molecule is CC(C)Oc1ccc(OB(O)O)cc1CN. The summed E-state index contributed by atoms with van der Waals surface area (Å²) >= 11 is 0. The Morgan fingerprint density at radius 3 is 2.56 bits per heavy atom. The van der Waals surface area contributed by atoms with E-state index in [0.29, 0.717) is 18.0 Å². The molecular weight excluding hydrogens is 209 g/mol. The third kappa shape index (κ3) is 3.73. The fourth-order valence-corrected chi connectivity index (χ4v) is 1.28. The van der Waals surface area contributed by atoms with Gasteiger partial charge in [-0.1, -0.05) is 0 Å². The Morgan fingerprint density at radius 2 is 2.06 bits per heavy atom. The van der Waals surface area contributed by atoms with Crippen LogP contribution in [0.25, 0.3) is 0 Å². The van der Waals surface area contributed by atoms with Crippen LogP contribution in [-0.2, 0) is 6.54 Å². The van der Waals surface area contributed by atoms with E-state index < -0.39 is 7.32 Å². The molecule has 0 atom stereocenters. The summed E-state index contributed by atoms with van der Waals surface area (Å²) in [6.45, 7) is 4.13. The van der Waals surface area contributed by atoms with Crippen molar-refractivity contribution < 1.29 is 19.4 Å². The quantitative estimate of drug-likeness (QED) is 0.626. The van der Waals surface area contributed by atoms with Crippen LogP contribution >= 0.6 is 0 Å². The summed E-state index contributed by atoms with van der Waals surface area (Å²) in [4.78, 5) is 0. The predicted octanol–water partition coefficient (Wildman–Crippen LogP) is 0.281. The highest BCUT2D eigenvalue weighted by Gasteiger charge is 2.13. The average Bonchev–Trinajstić information content (AvgIpc) is 2.18. The van der Waals surface area contributed by atoms with Gasteiger partial charge >= 0.3 is 7.32 Å². The zero-order chi connectivity index (χ0) is 12.1. The van der Waals surface area contributed by atoms with Crippen molar-refractivity contribution in [2.75, 3.05) is 0 Å². The van der Waals surface area contributed by atoms with Crippen molar-refractivity contribution in [3.63, 3.8) is 0 Å². The Labute approximate surface area is 95.0 Å². The van der Waals surface area contributed by atoms with Crippen LogP contribution in [0, 0.1) is 0 Å². The molecule has 0 fully saturated rings. The minimum absolute atomic E-state index is 0.0560. The van der Waals surface area contributed by atoms with Gasteiger partial charge in [0.05, 0.1) is 6.10 Å². The third-order valence-corrected chi connectivity index (χ3v) is 1.86. The standard InChI is InChI=1S/C10H16BNO4/c1-7(2)15-10-4-3-9(16-11(13)14)5-8(10)6-12/h3-5,7,13-14H,6,12H2,1-2H3. The molecule has 1 rings (SSSR count). The normalized spacial score (nSPS) is 10.4. The molecule has 5 nitrogen and oxygen atoms in total. The predicted molar refractivity (Wildman–Crippen MR) is 60.9 cm³/mol. The van der Waals surface area contributed by atoms with Gasteiger partial charge < -0.3 is 25.2 Å². The smallest absolute Gasteiger partial charge is 0.512 e. The number of rotatable bonds is 5. The lowest BCUT2D eigenvalue weighted by Gasteiger charge is -2.14. The molecule has 1 aromatic rings. The van der Waals surface area contributed by atoms with Gasteiger partial charge in [-0.2, -0.15) is 0 Å². The van der Waals surface area contributed by atoms with E-state index in [1.54, 1.807) is 18.2 Å². The Kier molecular flexibility index (Phi) is 4.60. The second-order valence-corrected chi connectivity index (χ2v) is 3.58. The van der Waals surface area contributed by atoms with E-state index in [-0.39, 0.29) is 6.10 Å². The fraction of sp³-hybridized carbons (Fsp3) is 0.400. The molecule has 0 aliphatic carbocycles. The molecule has 16 heavy (non-hydrogen) atoms. The molecule has 0 bridgehead atoms. The van der Waals surface area contributed by atoms with E-state index in [4.69, 9.17) is 25.2 Å². The Morgan fingerprint density at radius 1 is 1.38 bits per heavy atom. The Bertz CT molecular complexity index is 344. The lowest BCUT2D eigenvalue weighted by Crippen LogP contribution is -2.20. The van der Waals surface area contributed by atoms with Crippen LogP contribution in [-0.4, -0.2) is 23.5 Å². The number of hydrogen-bond acceptors (Lipinski definition) is 5. The highest BCUT2D eigenvalue weighted by Crippen LogP contribution is 2.24. The molecule has 88 valence electrons. The number of nitrogens with two attached hydrogens (primary N) is 1. The van der Waals surface area contributed by atoms with Crippen molar-refractivity contribution in [3.8, 4) is 11.5 Å². The molecule has 0 saturated carbocycles. The van der Waals surface area contributed by atoms with Crippen LogP contribution in [0.3, 0.4) is 0 Å². The van der Waals surface area contributed by atoms with E-state index in [2.05, 4.69) is 0 Å². The van der Waals surface area contributed by atoms with Crippen molar-refractivity contribution >= 4 is 7.32 Å². The van der Waals surface area contributed by atoms with Crippen LogP contribution in [0.2, 0.25) is 0 Å². The van der Waals surface area contributed by atoms with Gasteiger partial charge in [0.25, 0.3) is 0 Å². The summed E-state index contributed by atoms with van der Waals surface area (Å²) in [6.07, 6.45) is 0.0560. The maximum Gasteiger partial charge on any atom is 0.707 e. The lowest BCUT2D eigenvalue weighted by molar-refractivity contribution is 0.239. The number of hydrogen-bond donors (Lipinski definition) is 3. The molecule has 0 heterocycles. The summed E-state index contributed by atoms with van der Waals surface area (Å²) in [5.41, 5.74) is 6.32. The second-order valence-electron chi connectivity index (χ2n) is 3.58. The van der Waals surface area contributed by atoms with Crippen LogP contribution < -0.4 is 15.1 Å². The summed E-state index contributed by atoms with van der Waals surface area (Å²) in [7, 11) is -1.83. The molecule has 4 N–H and O–H groups in total. The van der Waals surface area contributed by atoms with E-state index in [0.717, 1.165) is 5.56 Å². The van der Waals surface area contributed by atoms with Gasteiger partial charge in [-0.3, -0.25) is 0 Å². The molecule has 0 amide bonds. The first-order valence-corrected chi connectivity index (χ1v) is 5.05. The first-order chi connectivity index (χ1) is 7.52. The van der Waals surface area contributed by atoms with Crippen molar-refractivity contribution in [3.05, 3.63) is 23.8 Å². The average molecular weight is 225 g/mol. The molecule has 0 aliphatic heterocycles. The van der Waals surface area contributed by atoms with E-state index in [1.165, 1.54) is 0 Å². The Hall–Kier alpha value is -1.24. The minimum atomic E-state index is -1.83. The largest absolute Gasteiger partial charge is 0.707 e. The fourth-order valence-electron chi connectivity index (χ4n) is 1.28. The monoisotopic (exact) mass is 225 g/mol. The maximum atomic E-state index is 8.65. The number of ether oxygens (including phenoxy) is 1. The Balaban J connectivity index is 2.88. The van der Waals surface area contributed by atoms with Gasteiger partial charge in [0.1, 0.15) is 11.5 Å². The summed E-state index contributed by atoms with van der Waals surface area (Å²) < 4.78 is 10.3. The highest BCUT2D eigenvalue weighted by atomic mass is 16.6. The summed E-state index contributed by atoms with van der Waals surface area (Å²) in [5, 5.41) is 17.3. The van der Waals surface area contributed by atoms with Crippen LogP contribution in [0.15, 0.2) is 18.2 Å². The van der Waals surface area contributed by atoms with E-state index >= 15 is 0 Å². The van der Waals surface area contributed by atoms with E-state index in [1.807, 2.05) is 13.8 Å². The second kappa shape index (κ2) is 5.74. The number of benzene rings is 1.